The normalized spacial score (nSPS) is 23.6. The topological polar surface area (TPSA) is 62.6 Å². The van der Waals surface area contributed by atoms with Gasteiger partial charge in [-0.25, -0.2) is 0 Å². The number of benzene rings is 1. The summed E-state index contributed by atoms with van der Waals surface area (Å²) in [5, 5.41) is 3.49. The zero-order chi connectivity index (χ0) is 16.5. The highest BCUT2D eigenvalue weighted by Gasteiger charge is 2.41. The molecule has 0 unspecified atom stereocenters. The molecule has 2 amide bonds. The molecule has 5 nitrogen and oxygen atoms in total. The number of nitrogens with zero attached hydrogens (tertiary/aromatic N) is 1. The Morgan fingerprint density at radius 1 is 1.04 bits per heavy atom. The van der Waals surface area contributed by atoms with E-state index in [4.69, 9.17) is 4.42 Å². The SMILES string of the molecule is O=C1c2ccccc2C(=O)N1[C@H]1CCC[C@H](NCc2ccco2)C1. The summed E-state index contributed by atoms with van der Waals surface area (Å²) in [5.74, 6) is 0.609. The summed E-state index contributed by atoms with van der Waals surface area (Å²) >= 11 is 0. The molecule has 0 spiro atoms. The second-order valence-corrected chi connectivity index (χ2v) is 6.50. The van der Waals surface area contributed by atoms with Crippen molar-refractivity contribution >= 4 is 11.8 Å². The maximum atomic E-state index is 12.6. The van der Waals surface area contributed by atoms with Crippen LogP contribution in [0.3, 0.4) is 0 Å². The fourth-order valence-corrected chi connectivity index (χ4v) is 3.78. The second kappa shape index (κ2) is 6.24. The van der Waals surface area contributed by atoms with Crippen LogP contribution in [0.5, 0.6) is 0 Å². The lowest BCUT2D eigenvalue weighted by molar-refractivity contribution is 0.0533. The van der Waals surface area contributed by atoms with Crippen LogP contribution in [0, 0.1) is 0 Å². The van der Waals surface area contributed by atoms with Crippen molar-refractivity contribution in [2.75, 3.05) is 0 Å². The third kappa shape index (κ3) is 2.65. The molecule has 124 valence electrons. The van der Waals surface area contributed by atoms with Crippen LogP contribution in [0.2, 0.25) is 0 Å². The second-order valence-electron chi connectivity index (χ2n) is 6.50. The van der Waals surface area contributed by atoms with E-state index in [1.165, 1.54) is 4.90 Å². The number of amides is 2. The van der Waals surface area contributed by atoms with Crippen molar-refractivity contribution < 1.29 is 14.0 Å². The van der Waals surface area contributed by atoms with E-state index in [1.54, 1.807) is 18.4 Å². The van der Waals surface area contributed by atoms with Gasteiger partial charge in [0.15, 0.2) is 0 Å². The van der Waals surface area contributed by atoms with Gasteiger partial charge in [-0.3, -0.25) is 14.5 Å². The Hall–Kier alpha value is -2.40. The molecular formula is C19H20N2O3. The van der Waals surface area contributed by atoms with Gasteiger partial charge in [-0.2, -0.15) is 0 Å². The monoisotopic (exact) mass is 324 g/mol. The Labute approximate surface area is 140 Å². The number of furan rings is 1. The lowest BCUT2D eigenvalue weighted by Crippen LogP contribution is -2.46. The third-order valence-electron chi connectivity index (χ3n) is 4.98. The van der Waals surface area contributed by atoms with E-state index in [-0.39, 0.29) is 23.9 Å². The molecular weight excluding hydrogens is 304 g/mol. The number of carbonyl (C=O) groups is 2. The average molecular weight is 324 g/mol. The molecule has 1 aromatic carbocycles. The van der Waals surface area contributed by atoms with E-state index in [0.717, 1.165) is 31.4 Å². The molecule has 0 radical (unpaired) electrons. The van der Waals surface area contributed by atoms with Gasteiger partial charge in [0.1, 0.15) is 5.76 Å². The molecule has 1 N–H and O–H groups in total. The number of rotatable bonds is 4. The lowest BCUT2D eigenvalue weighted by Gasteiger charge is -2.34. The van der Waals surface area contributed by atoms with Gasteiger partial charge in [0, 0.05) is 12.1 Å². The Kier molecular flexibility index (Phi) is 3.94. The van der Waals surface area contributed by atoms with E-state index in [2.05, 4.69) is 5.32 Å². The molecule has 0 saturated heterocycles. The van der Waals surface area contributed by atoms with Crippen molar-refractivity contribution in [1.29, 1.82) is 0 Å². The van der Waals surface area contributed by atoms with E-state index in [1.807, 2.05) is 24.3 Å². The highest BCUT2D eigenvalue weighted by molar-refractivity contribution is 6.21. The predicted octanol–water partition coefficient (Wildman–Crippen LogP) is 2.98. The molecule has 24 heavy (non-hydrogen) atoms. The first kappa shape index (κ1) is 15.1. The quantitative estimate of drug-likeness (QED) is 0.878. The summed E-state index contributed by atoms with van der Waals surface area (Å²) in [6.07, 6.45) is 5.41. The molecule has 1 saturated carbocycles. The van der Waals surface area contributed by atoms with Crippen molar-refractivity contribution in [1.82, 2.24) is 10.2 Å². The minimum atomic E-state index is -0.146. The van der Waals surface area contributed by atoms with Crippen LogP contribution in [0.1, 0.15) is 52.2 Å². The molecule has 2 aliphatic rings. The van der Waals surface area contributed by atoms with Crippen LogP contribution in [0.4, 0.5) is 0 Å². The van der Waals surface area contributed by atoms with E-state index < -0.39 is 0 Å². The fraction of sp³-hybridized carbons (Fsp3) is 0.368. The third-order valence-corrected chi connectivity index (χ3v) is 4.98. The number of carbonyl (C=O) groups excluding carboxylic acids is 2. The van der Waals surface area contributed by atoms with Crippen LogP contribution in [-0.4, -0.2) is 28.8 Å². The molecule has 2 aromatic rings. The van der Waals surface area contributed by atoms with Gasteiger partial charge in [0.2, 0.25) is 0 Å². The van der Waals surface area contributed by atoms with Crippen LogP contribution < -0.4 is 5.32 Å². The first-order chi connectivity index (χ1) is 11.7. The first-order valence-corrected chi connectivity index (χ1v) is 8.46. The summed E-state index contributed by atoms with van der Waals surface area (Å²) in [6.45, 7) is 0.673. The summed E-state index contributed by atoms with van der Waals surface area (Å²) < 4.78 is 5.35. The highest BCUT2D eigenvalue weighted by atomic mass is 16.3. The number of hydrogen-bond acceptors (Lipinski definition) is 4. The standard InChI is InChI=1S/C19H20N2O3/c22-18-16-8-1-2-9-17(16)19(23)21(18)14-6-3-5-13(11-14)20-12-15-7-4-10-24-15/h1-2,4,7-10,13-14,20H,3,5-6,11-12H2/t13-,14-/m0/s1. The largest absolute Gasteiger partial charge is 0.468 e. The first-order valence-electron chi connectivity index (χ1n) is 8.46. The molecule has 4 rings (SSSR count). The maximum Gasteiger partial charge on any atom is 0.261 e. The molecule has 2 atom stereocenters. The van der Waals surface area contributed by atoms with Gasteiger partial charge in [-0.15, -0.1) is 0 Å². The van der Waals surface area contributed by atoms with Crippen LogP contribution >= 0.6 is 0 Å². The average Bonchev–Trinajstić information content (AvgIpc) is 3.21. The van der Waals surface area contributed by atoms with Gasteiger partial charge < -0.3 is 9.73 Å². The molecule has 2 heterocycles. The van der Waals surface area contributed by atoms with Gasteiger partial charge >= 0.3 is 0 Å². The van der Waals surface area contributed by atoms with Crippen molar-refractivity contribution in [3.63, 3.8) is 0 Å². The van der Waals surface area contributed by atoms with Gasteiger partial charge in [-0.05, 0) is 49.9 Å². The predicted molar refractivity (Wildman–Crippen MR) is 88.5 cm³/mol. The maximum absolute atomic E-state index is 12.6. The minimum absolute atomic E-state index is 0.0275. The van der Waals surface area contributed by atoms with E-state index in [9.17, 15) is 9.59 Å². The van der Waals surface area contributed by atoms with Crippen LogP contribution in [0.25, 0.3) is 0 Å². The summed E-state index contributed by atoms with van der Waals surface area (Å²) in [4.78, 5) is 26.7. The molecule has 5 heteroatoms. The lowest BCUT2D eigenvalue weighted by atomic mass is 9.90. The summed E-state index contributed by atoms with van der Waals surface area (Å²) in [7, 11) is 0. The van der Waals surface area contributed by atoms with Gasteiger partial charge in [0.25, 0.3) is 11.8 Å². The van der Waals surface area contributed by atoms with Crippen molar-refractivity contribution in [2.45, 2.75) is 44.3 Å². The molecule has 1 fully saturated rings. The number of fused-ring (bicyclic) bond motifs is 1. The number of hydrogen-bond donors (Lipinski definition) is 1. The van der Waals surface area contributed by atoms with E-state index >= 15 is 0 Å². The van der Waals surface area contributed by atoms with Crippen LogP contribution in [0.15, 0.2) is 47.1 Å². The zero-order valence-electron chi connectivity index (χ0n) is 13.4. The Balaban J connectivity index is 1.45. The summed E-state index contributed by atoms with van der Waals surface area (Å²) in [6, 6.07) is 11.2. The number of imide groups is 1. The molecule has 1 aliphatic carbocycles. The summed E-state index contributed by atoms with van der Waals surface area (Å²) in [5.41, 5.74) is 1.07. The van der Waals surface area contributed by atoms with E-state index in [0.29, 0.717) is 17.7 Å². The minimum Gasteiger partial charge on any atom is -0.468 e. The molecule has 0 bridgehead atoms. The number of nitrogens with one attached hydrogen (secondary N) is 1. The molecule has 1 aliphatic heterocycles. The van der Waals surface area contributed by atoms with Crippen molar-refractivity contribution in [2.24, 2.45) is 0 Å². The smallest absolute Gasteiger partial charge is 0.261 e. The Bertz CT molecular complexity index is 719. The van der Waals surface area contributed by atoms with Crippen LogP contribution in [-0.2, 0) is 6.54 Å². The zero-order valence-corrected chi connectivity index (χ0v) is 13.4. The fourth-order valence-electron chi connectivity index (χ4n) is 3.78. The highest BCUT2D eigenvalue weighted by Crippen LogP contribution is 2.31. The van der Waals surface area contributed by atoms with Gasteiger partial charge in [0.05, 0.1) is 23.9 Å². The Morgan fingerprint density at radius 2 is 1.79 bits per heavy atom. The molecule has 1 aromatic heterocycles. The van der Waals surface area contributed by atoms with Crippen molar-refractivity contribution in [3.8, 4) is 0 Å². The Morgan fingerprint density at radius 3 is 2.46 bits per heavy atom. The van der Waals surface area contributed by atoms with Crippen molar-refractivity contribution in [3.05, 3.63) is 59.5 Å². The van der Waals surface area contributed by atoms with Gasteiger partial charge in [-0.1, -0.05) is 12.1 Å².